The van der Waals surface area contributed by atoms with E-state index in [0.29, 0.717) is 12.0 Å². The summed E-state index contributed by atoms with van der Waals surface area (Å²) in [5.74, 6) is 2.86. The van der Waals surface area contributed by atoms with Gasteiger partial charge in [0.25, 0.3) is 0 Å². The predicted octanol–water partition coefficient (Wildman–Crippen LogP) is 0.969. The Morgan fingerprint density at radius 1 is 1.27 bits per heavy atom. The molecule has 1 aromatic heterocycles. The first-order valence-corrected chi connectivity index (χ1v) is 8.36. The van der Waals surface area contributed by atoms with Gasteiger partial charge < -0.3 is 9.67 Å². The van der Waals surface area contributed by atoms with E-state index in [0.717, 1.165) is 44.2 Å². The fourth-order valence-corrected chi connectivity index (χ4v) is 3.43. The quantitative estimate of drug-likeness (QED) is 0.849. The zero-order chi connectivity index (χ0) is 15.9. The Bertz CT molecular complexity index is 517. The smallest absolute Gasteiger partial charge is 0.146 e. The zero-order valence-corrected chi connectivity index (χ0v) is 14.3. The first-order valence-electron chi connectivity index (χ1n) is 8.36. The summed E-state index contributed by atoms with van der Waals surface area (Å²) in [6, 6.07) is 0.531. The van der Waals surface area contributed by atoms with Crippen LogP contribution < -0.4 is 0 Å². The van der Waals surface area contributed by atoms with E-state index in [1.54, 1.807) is 0 Å². The summed E-state index contributed by atoms with van der Waals surface area (Å²) in [6.07, 6.45) is 3.67. The number of nitrogens with zero attached hydrogens (tertiary/aromatic N) is 5. The average molecular weight is 307 g/mol. The minimum absolute atomic E-state index is 0.531. The number of hydrogen-bond donors (Lipinski definition) is 1. The van der Waals surface area contributed by atoms with Crippen LogP contribution in [0.15, 0.2) is 0 Å². The summed E-state index contributed by atoms with van der Waals surface area (Å²) in [7, 11) is 4.26. The van der Waals surface area contributed by atoms with Crippen molar-refractivity contribution in [1.82, 2.24) is 24.6 Å². The molecule has 0 amide bonds. The van der Waals surface area contributed by atoms with Gasteiger partial charge in [-0.2, -0.15) is 0 Å². The molecule has 0 radical (unpaired) electrons. The van der Waals surface area contributed by atoms with Crippen molar-refractivity contribution < 1.29 is 5.11 Å². The summed E-state index contributed by atoms with van der Waals surface area (Å²) >= 11 is 0. The van der Waals surface area contributed by atoms with Crippen molar-refractivity contribution in [1.29, 1.82) is 0 Å². The van der Waals surface area contributed by atoms with Crippen LogP contribution in [-0.4, -0.2) is 68.0 Å². The molecule has 0 spiro atoms. The third-order valence-corrected chi connectivity index (χ3v) is 4.81. The summed E-state index contributed by atoms with van der Waals surface area (Å²) in [5, 5.41) is 18.7. The number of aromatic nitrogens is 3. The molecule has 1 saturated carbocycles. The molecule has 0 aromatic carbocycles. The predicted molar refractivity (Wildman–Crippen MR) is 85.6 cm³/mol. The molecule has 6 nitrogen and oxygen atoms in total. The van der Waals surface area contributed by atoms with Crippen molar-refractivity contribution in [3.8, 4) is 0 Å². The Labute approximate surface area is 133 Å². The van der Waals surface area contributed by atoms with Gasteiger partial charge >= 0.3 is 0 Å². The van der Waals surface area contributed by atoms with E-state index in [9.17, 15) is 5.11 Å². The highest BCUT2D eigenvalue weighted by Gasteiger charge is 2.31. The van der Waals surface area contributed by atoms with Gasteiger partial charge in [0.15, 0.2) is 0 Å². The van der Waals surface area contributed by atoms with Gasteiger partial charge in [-0.25, -0.2) is 0 Å². The highest BCUT2D eigenvalue weighted by Crippen LogP contribution is 2.38. The molecule has 124 valence electrons. The SMILES string of the molecule is CN(Cc1nnc(C2CC2)n1C)C1CCN(CC(C)(C)O)C1. The summed E-state index contributed by atoms with van der Waals surface area (Å²) in [5.41, 5.74) is -0.615. The molecule has 6 heteroatoms. The van der Waals surface area contributed by atoms with Crippen molar-refractivity contribution >= 4 is 0 Å². The standard InChI is InChI=1S/C16H29N5O/c1-16(2,22)11-21-8-7-13(9-21)19(3)10-14-17-18-15(20(14)4)12-5-6-12/h12-13,22H,5-11H2,1-4H3. The van der Waals surface area contributed by atoms with Crippen LogP contribution in [-0.2, 0) is 13.6 Å². The normalized spacial score (nSPS) is 23.6. The lowest BCUT2D eigenvalue weighted by atomic mass is 10.1. The molecule has 1 aliphatic heterocycles. The van der Waals surface area contributed by atoms with Crippen LogP contribution in [0.3, 0.4) is 0 Å². The van der Waals surface area contributed by atoms with Crippen molar-refractivity contribution in [2.75, 3.05) is 26.7 Å². The van der Waals surface area contributed by atoms with E-state index in [2.05, 4.69) is 38.7 Å². The van der Waals surface area contributed by atoms with Crippen LogP contribution in [0.4, 0.5) is 0 Å². The van der Waals surface area contributed by atoms with Crippen molar-refractivity contribution in [2.24, 2.45) is 7.05 Å². The molecule has 3 rings (SSSR count). The highest BCUT2D eigenvalue weighted by molar-refractivity contribution is 5.07. The highest BCUT2D eigenvalue weighted by atomic mass is 16.3. The van der Waals surface area contributed by atoms with Crippen molar-refractivity contribution in [2.45, 2.75) is 57.2 Å². The molecule has 1 saturated heterocycles. The second-order valence-corrected chi connectivity index (χ2v) is 7.71. The van der Waals surface area contributed by atoms with E-state index in [4.69, 9.17) is 0 Å². The molecule has 2 fully saturated rings. The first kappa shape index (κ1) is 15.9. The summed E-state index contributed by atoms with van der Waals surface area (Å²) < 4.78 is 2.18. The van der Waals surface area contributed by atoms with Crippen LogP contribution in [0.1, 0.15) is 50.7 Å². The summed E-state index contributed by atoms with van der Waals surface area (Å²) in [6.45, 7) is 7.43. The van der Waals surface area contributed by atoms with Gasteiger partial charge in [0.05, 0.1) is 12.1 Å². The molecule has 22 heavy (non-hydrogen) atoms. The van der Waals surface area contributed by atoms with E-state index < -0.39 is 5.60 Å². The fraction of sp³-hybridized carbons (Fsp3) is 0.875. The molecule has 1 aromatic rings. The lowest BCUT2D eigenvalue weighted by molar-refractivity contribution is 0.0415. The summed E-state index contributed by atoms with van der Waals surface area (Å²) in [4.78, 5) is 4.73. The van der Waals surface area contributed by atoms with Gasteiger partial charge in [0, 0.05) is 32.1 Å². The topological polar surface area (TPSA) is 57.4 Å². The van der Waals surface area contributed by atoms with Gasteiger partial charge in [-0.3, -0.25) is 9.80 Å². The van der Waals surface area contributed by atoms with Gasteiger partial charge in [0.1, 0.15) is 11.6 Å². The van der Waals surface area contributed by atoms with Gasteiger partial charge in [-0.05, 0) is 46.7 Å². The lowest BCUT2D eigenvalue weighted by Gasteiger charge is -2.27. The van der Waals surface area contributed by atoms with Gasteiger partial charge in [0.2, 0.25) is 0 Å². The molecular weight excluding hydrogens is 278 g/mol. The van der Waals surface area contributed by atoms with Crippen LogP contribution in [0.5, 0.6) is 0 Å². The maximum absolute atomic E-state index is 9.96. The molecular formula is C16H29N5O. The maximum atomic E-state index is 9.96. The van der Waals surface area contributed by atoms with Gasteiger partial charge in [-0.15, -0.1) is 10.2 Å². The van der Waals surface area contributed by atoms with E-state index in [1.807, 2.05) is 13.8 Å². The molecule has 1 N–H and O–H groups in total. The Balaban J connectivity index is 1.55. The minimum Gasteiger partial charge on any atom is -0.389 e. The molecule has 1 aliphatic carbocycles. The minimum atomic E-state index is -0.615. The number of aliphatic hydroxyl groups is 1. The van der Waals surface area contributed by atoms with Crippen molar-refractivity contribution in [3.05, 3.63) is 11.6 Å². The second-order valence-electron chi connectivity index (χ2n) is 7.71. The molecule has 0 bridgehead atoms. The second kappa shape index (κ2) is 5.91. The van der Waals surface area contributed by atoms with Crippen LogP contribution in [0.25, 0.3) is 0 Å². The third kappa shape index (κ3) is 3.67. The molecule has 1 unspecified atom stereocenters. The van der Waals surface area contributed by atoms with E-state index >= 15 is 0 Å². The maximum Gasteiger partial charge on any atom is 0.146 e. The fourth-order valence-electron chi connectivity index (χ4n) is 3.43. The number of rotatable bonds is 6. The Morgan fingerprint density at radius 2 is 2.00 bits per heavy atom. The molecule has 2 aliphatic rings. The van der Waals surface area contributed by atoms with Crippen LogP contribution >= 0.6 is 0 Å². The monoisotopic (exact) mass is 307 g/mol. The number of hydrogen-bond acceptors (Lipinski definition) is 5. The van der Waals surface area contributed by atoms with E-state index in [-0.39, 0.29) is 0 Å². The molecule has 2 heterocycles. The lowest BCUT2D eigenvalue weighted by Crippen LogP contribution is -2.40. The zero-order valence-electron chi connectivity index (χ0n) is 14.3. The number of likely N-dealkylation sites (N-methyl/N-ethyl adjacent to an activating group) is 1. The van der Waals surface area contributed by atoms with Gasteiger partial charge in [-0.1, -0.05) is 0 Å². The Hall–Kier alpha value is -0.980. The number of likely N-dealkylation sites (tertiary alicyclic amines) is 1. The van der Waals surface area contributed by atoms with Crippen LogP contribution in [0, 0.1) is 0 Å². The number of β-amino-alcohol motifs (C(OH)–C–C–N with tert-alkyl or cyclic N) is 1. The first-order chi connectivity index (χ1) is 10.3. The Morgan fingerprint density at radius 3 is 2.64 bits per heavy atom. The van der Waals surface area contributed by atoms with Crippen molar-refractivity contribution in [3.63, 3.8) is 0 Å². The van der Waals surface area contributed by atoms with Crippen LogP contribution in [0.2, 0.25) is 0 Å². The van der Waals surface area contributed by atoms with E-state index in [1.165, 1.54) is 12.8 Å². The average Bonchev–Trinajstić information content (AvgIpc) is 3.05. The Kier molecular flexibility index (Phi) is 4.27. The largest absolute Gasteiger partial charge is 0.389 e. The molecule has 1 atom stereocenters. The third-order valence-electron chi connectivity index (χ3n) is 4.81.